The van der Waals surface area contributed by atoms with Gasteiger partial charge in [-0.15, -0.1) is 0 Å². The van der Waals surface area contributed by atoms with Crippen molar-refractivity contribution in [2.45, 2.75) is 70.5 Å². The van der Waals surface area contributed by atoms with E-state index in [1.807, 2.05) is 18.4 Å². The van der Waals surface area contributed by atoms with Crippen molar-refractivity contribution in [3.8, 4) is 0 Å². The van der Waals surface area contributed by atoms with Gasteiger partial charge in [-0.25, -0.2) is 4.98 Å². The molecule has 2 fully saturated rings. The summed E-state index contributed by atoms with van der Waals surface area (Å²) in [7, 11) is 0. The molecule has 2 amide bonds. The zero-order chi connectivity index (χ0) is 16.4. The molecule has 1 aliphatic carbocycles. The van der Waals surface area contributed by atoms with E-state index in [0.29, 0.717) is 18.8 Å². The van der Waals surface area contributed by atoms with Gasteiger partial charge in [0.1, 0.15) is 11.2 Å². The second-order valence-corrected chi connectivity index (χ2v) is 6.85. The van der Waals surface area contributed by atoms with Crippen LogP contribution in [0.1, 0.15) is 62.9 Å². The molecule has 0 aromatic carbocycles. The molecule has 0 radical (unpaired) electrons. The van der Waals surface area contributed by atoms with E-state index in [1.165, 1.54) is 12.8 Å². The summed E-state index contributed by atoms with van der Waals surface area (Å²) in [5.41, 5.74) is -0.183. The number of imidazole rings is 1. The standard InChI is InChI=1S/C17H26N4O2/c1-3-20-12-18-11-14(20)15(22)21-10-6-9-17(21,2)16(23)19-13-7-4-5-8-13/h11-13H,3-10H2,1-2H3,(H,19,23). The number of carbonyl (C=O) groups is 2. The Hall–Kier alpha value is -1.85. The third kappa shape index (κ3) is 2.86. The normalized spacial score (nSPS) is 25.0. The lowest BCUT2D eigenvalue weighted by Gasteiger charge is -2.35. The third-order valence-electron chi connectivity index (χ3n) is 5.34. The highest BCUT2D eigenvalue weighted by Gasteiger charge is 2.46. The van der Waals surface area contributed by atoms with Crippen LogP contribution >= 0.6 is 0 Å². The maximum atomic E-state index is 12.9. The van der Waals surface area contributed by atoms with Gasteiger partial charge in [-0.1, -0.05) is 12.8 Å². The highest BCUT2D eigenvalue weighted by Crippen LogP contribution is 2.31. The number of aryl methyl sites for hydroxylation is 1. The van der Waals surface area contributed by atoms with E-state index in [2.05, 4.69) is 10.3 Å². The zero-order valence-electron chi connectivity index (χ0n) is 14.0. The molecule has 6 heteroatoms. The molecule has 6 nitrogen and oxygen atoms in total. The first kappa shape index (κ1) is 16.0. The number of amides is 2. The van der Waals surface area contributed by atoms with Crippen LogP contribution in [-0.4, -0.2) is 44.4 Å². The van der Waals surface area contributed by atoms with Crippen molar-refractivity contribution < 1.29 is 9.59 Å². The van der Waals surface area contributed by atoms with Crippen molar-refractivity contribution in [3.05, 3.63) is 18.2 Å². The molecule has 1 aromatic rings. The van der Waals surface area contributed by atoms with Gasteiger partial charge >= 0.3 is 0 Å². The summed E-state index contributed by atoms with van der Waals surface area (Å²) >= 11 is 0. The van der Waals surface area contributed by atoms with Gasteiger partial charge in [0.05, 0.1) is 12.5 Å². The second-order valence-electron chi connectivity index (χ2n) is 6.85. The fourth-order valence-electron chi connectivity index (χ4n) is 3.83. The van der Waals surface area contributed by atoms with E-state index in [4.69, 9.17) is 0 Å². The molecule has 2 heterocycles. The van der Waals surface area contributed by atoms with Gasteiger partial charge in [0, 0.05) is 19.1 Å². The lowest BCUT2D eigenvalue weighted by Crippen LogP contribution is -2.57. The summed E-state index contributed by atoms with van der Waals surface area (Å²) in [6.45, 7) is 5.20. The fourth-order valence-corrected chi connectivity index (χ4v) is 3.83. The third-order valence-corrected chi connectivity index (χ3v) is 5.34. The fraction of sp³-hybridized carbons (Fsp3) is 0.706. The van der Waals surface area contributed by atoms with Crippen molar-refractivity contribution in [1.82, 2.24) is 19.8 Å². The van der Waals surface area contributed by atoms with Crippen LogP contribution in [0, 0.1) is 0 Å². The van der Waals surface area contributed by atoms with Crippen LogP contribution in [-0.2, 0) is 11.3 Å². The maximum Gasteiger partial charge on any atom is 0.273 e. The summed E-state index contributed by atoms with van der Waals surface area (Å²) < 4.78 is 1.83. The number of aromatic nitrogens is 2. The molecule has 1 aliphatic heterocycles. The number of likely N-dealkylation sites (tertiary alicyclic amines) is 1. The molecule has 1 atom stereocenters. The Morgan fingerprint density at radius 2 is 2.09 bits per heavy atom. The van der Waals surface area contributed by atoms with Crippen LogP contribution in [0.2, 0.25) is 0 Å². The van der Waals surface area contributed by atoms with Gasteiger partial charge < -0.3 is 14.8 Å². The highest BCUT2D eigenvalue weighted by atomic mass is 16.2. The minimum Gasteiger partial charge on any atom is -0.351 e. The average molecular weight is 318 g/mol. The van der Waals surface area contributed by atoms with Gasteiger partial charge in [-0.2, -0.15) is 0 Å². The number of hydrogen-bond acceptors (Lipinski definition) is 3. The molecular formula is C17H26N4O2. The van der Waals surface area contributed by atoms with Gasteiger partial charge in [0.25, 0.3) is 5.91 Å². The molecule has 2 aliphatic rings. The van der Waals surface area contributed by atoms with E-state index >= 15 is 0 Å². The predicted molar refractivity (Wildman–Crippen MR) is 87.0 cm³/mol. The van der Waals surface area contributed by atoms with E-state index in [0.717, 1.165) is 25.7 Å². The number of hydrogen-bond donors (Lipinski definition) is 1. The molecule has 1 saturated heterocycles. The van der Waals surface area contributed by atoms with Gasteiger partial charge in [0.15, 0.2) is 0 Å². The van der Waals surface area contributed by atoms with Crippen molar-refractivity contribution in [2.24, 2.45) is 0 Å². The van der Waals surface area contributed by atoms with Crippen molar-refractivity contribution in [1.29, 1.82) is 0 Å². The van der Waals surface area contributed by atoms with Crippen LogP contribution < -0.4 is 5.32 Å². The van der Waals surface area contributed by atoms with Gasteiger partial charge in [-0.05, 0) is 39.5 Å². The van der Waals surface area contributed by atoms with E-state index < -0.39 is 5.54 Å². The molecule has 1 N–H and O–H groups in total. The van der Waals surface area contributed by atoms with E-state index in [9.17, 15) is 9.59 Å². The monoisotopic (exact) mass is 318 g/mol. The molecule has 23 heavy (non-hydrogen) atoms. The first-order valence-corrected chi connectivity index (χ1v) is 8.69. The predicted octanol–water partition coefficient (Wildman–Crippen LogP) is 1.96. The molecule has 1 aromatic heterocycles. The lowest BCUT2D eigenvalue weighted by molar-refractivity contribution is -0.130. The Balaban J connectivity index is 1.78. The molecule has 1 saturated carbocycles. The quantitative estimate of drug-likeness (QED) is 0.923. The molecule has 126 valence electrons. The van der Waals surface area contributed by atoms with Crippen LogP contribution in [0.5, 0.6) is 0 Å². The second kappa shape index (κ2) is 6.34. The Morgan fingerprint density at radius 3 is 2.78 bits per heavy atom. The van der Waals surface area contributed by atoms with Crippen molar-refractivity contribution >= 4 is 11.8 Å². The smallest absolute Gasteiger partial charge is 0.273 e. The maximum absolute atomic E-state index is 12.9. The summed E-state index contributed by atoms with van der Waals surface area (Å²) in [5, 5.41) is 3.16. The number of nitrogens with one attached hydrogen (secondary N) is 1. The molecule has 1 unspecified atom stereocenters. The summed E-state index contributed by atoms with van der Waals surface area (Å²) in [6.07, 6.45) is 9.31. The summed E-state index contributed by atoms with van der Waals surface area (Å²) in [5.74, 6) is -0.0938. The first-order valence-electron chi connectivity index (χ1n) is 8.69. The van der Waals surface area contributed by atoms with Crippen LogP contribution in [0.15, 0.2) is 12.5 Å². The van der Waals surface area contributed by atoms with Crippen LogP contribution in [0.4, 0.5) is 0 Å². The van der Waals surface area contributed by atoms with Crippen LogP contribution in [0.3, 0.4) is 0 Å². The topological polar surface area (TPSA) is 67.2 Å². The Kier molecular flexibility index (Phi) is 4.41. The van der Waals surface area contributed by atoms with E-state index in [1.54, 1.807) is 17.4 Å². The van der Waals surface area contributed by atoms with Crippen LogP contribution in [0.25, 0.3) is 0 Å². The Bertz CT molecular complexity index is 591. The number of carbonyl (C=O) groups excluding carboxylic acids is 2. The van der Waals surface area contributed by atoms with Crippen molar-refractivity contribution in [2.75, 3.05) is 6.54 Å². The van der Waals surface area contributed by atoms with Gasteiger partial charge in [0.2, 0.25) is 5.91 Å². The zero-order valence-corrected chi connectivity index (χ0v) is 14.0. The average Bonchev–Trinajstić information content (AvgIpc) is 3.26. The minimum absolute atomic E-state index is 0.00202. The molecule has 0 bridgehead atoms. The first-order chi connectivity index (χ1) is 11.1. The number of nitrogens with zero attached hydrogens (tertiary/aromatic N) is 3. The molecule has 3 rings (SSSR count). The summed E-state index contributed by atoms with van der Waals surface area (Å²) in [6, 6.07) is 0.276. The highest BCUT2D eigenvalue weighted by molar-refractivity contribution is 5.98. The molecule has 0 spiro atoms. The lowest BCUT2D eigenvalue weighted by atomic mass is 9.96. The van der Waals surface area contributed by atoms with Gasteiger partial charge in [-0.3, -0.25) is 9.59 Å². The summed E-state index contributed by atoms with van der Waals surface area (Å²) in [4.78, 5) is 31.6. The SMILES string of the molecule is CCn1cncc1C(=O)N1CCCC1(C)C(=O)NC1CCCC1. The Labute approximate surface area is 137 Å². The Morgan fingerprint density at radius 1 is 1.35 bits per heavy atom. The minimum atomic E-state index is -0.748. The van der Waals surface area contributed by atoms with E-state index in [-0.39, 0.29) is 17.9 Å². The van der Waals surface area contributed by atoms with Crippen molar-refractivity contribution in [3.63, 3.8) is 0 Å². The number of rotatable bonds is 4. The largest absolute Gasteiger partial charge is 0.351 e. The molecular weight excluding hydrogens is 292 g/mol.